The molecule has 2 aromatic carbocycles. The molecule has 2 atom stereocenters. The molecule has 0 saturated heterocycles. The van der Waals surface area contributed by atoms with E-state index < -0.39 is 11.7 Å². The van der Waals surface area contributed by atoms with Gasteiger partial charge in [0.2, 0.25) is 0 Å². The Balaban J connectivity index is 1.67. The van der Waals surface area contributed by atoms with Gasteiger partial charge >= 0.3 is 0 Å². The van der Waals surface area contributed by atoms with Crippen LogP contribution in [0.15, 0.2) is 101 Å². The maximum atomic E-state index is 13.1. The van der Waals surface area contributed by atoms with Crippen molar-refractivity contribution in [3.8, 4) is 0 Å². The van der Waals surface area contributed by atoms with Crippen molar-refractivity contribution in [1.29, 1.82) is 0 Å². The van der Waals surface area contributed by atoms with Gasteiger partial charge in [-0.05, 0) is 35.4 Å². The van der Waals surface area contributed by atoms with E-state index in [4.69, 9.17) is 0 Å². The average molecular weight is 408 g/mol. The average Bonchev–Trinajstić information content (AvgIpc) is 2.91. The van der Waals surface area contributed by atoms with E-state index in [1.165, 1.54) is 6.92 Å². The van der Waals surface area contributed by atoms with Crippen LogP contribution >= 0.6 is 0 Å². The van der Waals surface area contributed by atoms with Crippen molar-refractivity contribution in [2.45, 2.75) is 13.0 Å². The number of ketones is 1. The van der Waals surface area contributed by atoms with Crippen molar-refractivity contribution in [3.05, 3.63) is 101 Å². The second-order valence-corrected chi connectivity index (χ2v) is 7.78. The van der Waals surface area contributed by atoms with Gasteiger partial charge in [-0.3, -0.25) is 9.59 Å². The normalized spacial score (nSPS) is 22.5. The number of rotatable bonds is 3. The fourth-order valence-corrected chi connectivity index (χ4v) is 4.32. The second-order valence-electron chi connectivity index (χ2n) is 7.78. The summed E-state index contributed by atoms with van der Waals surface area (Å²) in [6, 6.07) is 12.9. The third kappa shape index (κ3) is 3.24. The topological polar surface area (TPSA) is 78.8 Å². The summed E-state index contributed by atoms with van der Waals surface area (Å²) >= 11 is 0. The zero-order chi connectivity index (χ0) is 21.5. The van der Waals surface area contributed by atoms with Crippen molar-refractivity contribution in [2.24, 2.45) is 10.9 Å². The molecular formula is C26H20N2O3. The lowest BCUT2D eigenvalue weighted by Crippen LogP contribution is -2.42. The molecule has 2 aliphatic carbocycles. The van der Waals surface area contributed by atoms with E-state index >= 15 is 0 Å². The van der Waals surface area contributed by atoms with E-state index in [-0.39, 0.29) is 29.0 Å². The van der Waals surface area contributed by atoms with Gasteiger partial charge in [0.15, 0.2) is 5.78 Å². The summed E-state index contributed by atoms with van der Waals surface area (Å²) in [7, 11) is 0. The first-order valence-electron chi connectivity index (χ1n) is 10.1. The van der Waals surface area contributed by atoms with Gasteiger partial charge in [0.1, 0.15) is 11.5 Å². The number of aliphatic hydroxyl groups excluding tert-OH is 1. The van der Waals surface area contributed by atoms with Crippen LogP contribution in [0.25, 0.3) is 16.5 Å². The summed E-state index contributed by atoms with van der Waals surface area (Å²) in [5, 5.41) is 16.0. The molecular weight excluding hydrogens is 388 g/mol. The number of nitrogens with one attached hydrogen (secondary N) is 1. The molecule has 1 heterocycles. The molecule has 5 nitrogen and oxygen atoms in total. The number of Topliss-reactive ketones (excluding diaryl/α,β-unsaturated/α-hetero) is 1. The van der Waals surface area contributed by atoms with E-state index in [0.717, 1.165) is 16.3 Å². The molecule has 31 heavy (non-hydrogen) atoms. The number of allylic oxidation sites excluding steroid dienone is 5. The fourth-order valence-electron chi connectivity index (χ4n) is 4.32. The van der Waals surface area contributed by atoms with Crippen LogP contribution in [0.5, 0.6) is 0 Å². The van der Waals surface area contributed by atoms with Gasteiger partial charge in [-0.25, -0.2) is 4.99 Å². The molecule has 3 aliphatic rings. The Morgan fingerprint density at radius 1 is 1.06 bits per heavy atom. The highest BCUT2D eigenvalue weighted by atomic mass is 16.3. The van der Waals surface area contributed by atoms with Crippen LogP contribution in [0, 0.1) is 5.92 Å². The standard InChI is InChI=1S/C26H20N2O3/c1-15(29)22(25(30)19-13-12-16-6-2-3-7-18(16)14-19)24-26(31)28-21-11-5-9-17-8-4-10-20(27-24)23(17)21/h2-14,21,23,30H,1H3,(H,28,31)/b25-22-. The third-order valence-electron chi connectivity index (χ3n) is 5.80. The first-order chi connectivity index (χ1) is 15.0. The Kier molecular flexibility index (Phi) is 4.51. The minimum atomic E-state index is -0.483. The molecule has 5 heteroatoms. The molecule has 0 radical (unpaired) electrons. The summed E-state index contributed by atoms with van der Waals surface area (Å²) in [4.78, 5) is 30.3. The zero-order valence-corrected chi connectivity index (χ0v) is 16.9. The van der Waals surface area contributed by atoms with E-state index in [2.05, 4.69) is 10.3 Å². The lowest BCUT2D eigenvalue weighted by atomic mass is 9.82. The lowest BCUT2D eigenvalue weighted by molar-refractivity contribution is -0.116. The Labute approximate surface area is 179 Å². The quantitative estimate of drug-likeness (QED) is 0.590. The van der Waals surface area contributed by atoms with Crippen molar-refractivity contribution in [3.63, 3.8) is 0 Å². The van der Waals surface area contributed by atoms with Crippen molar-refractivity contribution >= 4 is 33.9 Å². The smallest absolute Gasteiger partial charge is 0.271 e. The summed E-state index contributed by atoms with van der Waals surface area (Å²) in [6.07, 6.45) is 11.5. The van der Waals surface area contributed by atoms with Gasteiger partial charge in [0.25, 0.3) is 5.91 Å². The summed E-state index contributed by atoms with van der Waals surface area (Å²) in [5.74, 6) is -1.28. The van der Waals surface area contributed by atoms with Gasteiger partial charge in [-0.15, -0.1) is 0 Å². The van der Waals surface area contributed by atoms with Gasteiger partial charge < -0.3 is 10.4 Å². The Morgan fingerprint density at radius 3 is 2.68 bits per heavy atom. The fraction of sp³-hybridized carbons (Fsp3) is 0.115. The predicted octanol–water partition coefficient (Wildman–Crippen LogP) is 4.20. The minimum absolute atomic E-state index is 0.0677. The molecule has 0 spiro atoms. The molecule has 1 aliphatic heterocycles. The van der Waals surface area contributed by atoms with E-state index in [1.54, 1.807) is 12.1 Å². The van der Waals surface area contributed by atoms with E-state index in [1.807, 2.05) is 66.8 Å². The number of carbonyl (C=O) groups excluding carboxylic acids is 2. The molecule has 0 bridgehead atoms. The Hall–Kier alpha value is -3.99. The number of carbonyl (C=O) groups is 2. The molecule has 5 rings (SSSR count). The highest BCUT2D eigenvalue weighted by molar-refractivity contribution is 6.53. The Bertz CT molecular complexity index is 1320. The molecule has 1 amide bonds. The number of aliphatic hydroxyl groups is 1. The molecule has 2 N–H and O–H groups in total. The number of aliphatic imine (C=N–C) groups is 1. The van der Waals surface area contributed by atoms with Gasteiger partial charge in [0, 0.05) is 5.56 Å². The number of nitrogens with zero attached hydrogens (tertiary/aromatic N) is 1. The largest absolute Gasteiger partial charge is 0.506 e. The monoisotopic (exact) mass is 408 g/mol. The van der Waals surface area contributed by atoms with Crippen LogP contribution in [0.3, 0.4) is 0 Å². The lowest BCUT2D eigenvalue weighted by Gasteiger charge is -2.28. The van der Waals surface area contributed by atoms with Crippen LogP contribution in [-0.4, -0.2) is 28.6 Å². The molecule has 2 aromatic rings. The summed E-state index contributed by atoms with van der Waals surface area (Å²) in [5.41, 5.74) is 2.03. The maximum absolute atomic E-state index is 13.1. The zero-order valence-electron chi connectivity index (χ0n) is 16.9. The van der Waals surface area contributed by atoms with Crippen LogP contribution in [0.4, 0.5) is 0 Å². The minimum Gasteiger partial charge on any atom is -0.506 e. The van der Waals surface area contributed by atoms with Crippen molar-refractivity contribution in [2.75, 3.05) is 0 Å². The first kappa shape index (κ1) is 19.0. The number of hydrogen-bond acceptors (Lipinski definition) is 4. The summed E-state index contributed by atoms with van der Waals surface area (Å²) in [6.45, 7) is 1.33. The van der Waals surface area contributed by atoms with Crippen LogP contribution in [0.1, 0.15) is 12.5 Å². The van der Waals surface area contributed by atoms with E-state index in [9.17, 15) is 14.7 Å². The van der Waals surface area contributed by atoms with E-state index in [0.29, 0.717) is 11.3 Å². The number of benzene rings is 2. The third-order valence-corrected chi connectivity index (χ3v) is 5.80. The second kappa shape index (κ2) is 7.36. The molecule has 152 valence electrons. The van der Waals surface area contributed by atoms with Crippen LogP contribution in [-0.2, 0) is 9.59 Å². The van der Waals surface area contributed by atoms with Gasteiger partial charge in [-0.1, -0.05) is 66.8 Å². The molecule has 2 unspecified atom stereocenters. The number of amides is 1. The van der Waals surface area contributed by atoms with Gasteiger partial charge in [-0.2, -0.15) is 0 Å². The first-order valence-corrected chi connectivity index (χ1v) is 10.1. The number of fused-ring (bicyclic) bond motifs is 1. The highest BCUT2D eigenvalue weighted by Crippen LogP contribution is 2.35. The Morgan fingerprint density at radius 2 is 1.87 bits per heavy atom. The predicted molar refractivity (Wildman–Crippen MR) is 121 cm³/mol. The number of hydrogen-bond donors (Lipinski definition) is 2. The van der Waals surface area contributed by atoms with Gasteiger partial charge in [0.05, 0.1) is 23.2 Å². The highest BCUT2D eigenvalue weighted by Gasteiger charge is 2.36. The maximum Gasteiger partial charge on any atom is 0.271 e. The van der Waals surface area contributed by atoms with Crippen molar-refractivity contribution < 1.29 is 14.7 Å². The summed E-state index contributed by atoms with van der Waals surface area (Å²) < 4.78 is 0. The molecule has 0 saturated carbocycles. The molecule has 0 fully saturated rings. The van der Waals surface area contributed by atoms with Crippen LogP contribution in [0.2, 0.25) is 0 Å². The molecule has 0 aromatic heterocycles. The SMILES string of the molecule is CC(=O)/C(C1=NC2=CC=CC3=CC=CC(NC1=O)C32)=C(/O)c1ccc2ccccc2c1. The van der Waals surface area contributed by atoms with Crippen molar-refractivity contribution in [1.82, 2.24) is 5.32 Å². The van der Waals surface area contributed by atoms with Crippen LogP contribution < -0.4 is 5.32 Å².